The van der Waals surface area contributed by atoms with Crippen LogP contribution in [0.5, 0.6) is 11.5 Å². The molecule has 6 rings (SSSR count). The van der Waals surface area contributed by atoms with Crippen LogP contribution in [0.15, 0.2) is 71.9 Å². The predicted molar refractivity (Wildman–Crippen MR) is 133 cm³/mol. The van der Waals surface area contributed by atoms with Gasteiger partial charge in [-0.05, 0) is 63.6 Å². The number of hydrogen-bond donors (Lipinski definition) is 0. The first-order chi connectivity index (χ1) is 16.2. The summed E-state index contributed by atoms with van der Waals surface area (Å²) in [7, 11) is 5.29. The average Bonchev–Trinajstić information content (AvgIpc) is 3.60. The quantitative estimate of drug-likeness (QED) is 0.546. The highest BCUT2D eigenvalue weighted by Crippen LogP contribution is 2.48. The lowest BCUT2D eigenvalue weighted by Crippen LogP contribution is -2.12. The molecule has 4 aliphatic carbocycles. The smallest absolute Gasteiger partial charge is 0.122 e. The summed E-state index contributed by atoms with van der Waals surface area (Å²) >= 11 is 0. The van der Waals surface area contributed by atoms with Gasteiger partial charge in [0, 0.05) is 30.9 Å². The molecular formula is C30H28O3. The minimum atomic E-state index is 0.165. The zero-order valence-corrected chi connectivity index (χ0v) is 19.3. The molecule has 0 heterocycles. The molecule has 2 aromatic carbocycles. The summed E-state index contributed by atoms with van der Waals surface area (Å²) in [6, 6.07) is 8.76. The second-order valence-electron chi connectivity index (χ2n) is 9.07. The summed E-state index contributed by atoms with van der Waals surface area (Å²) in [5.74, 6) is 2.33. The number of benzene rings is 2. The van der Waals surface area contributed by atoms with Gasteiger partial charge < -0.3 is 14.2 Å². The van der Waals surface area contributed by atoms with Crippen LogP contribution in [0, 0.1) is 0 Å². The fraction of sp³-hybridized carbons (Fsp3) is 0.267. The van der Waals surface area contributed by atoms with Crippen molar-refractivity contribution in [1.82, 2.24) is 0 Å². The Hall–Kier alpha value is -3.30. The Morgan fingerprint density at radius 3 is 2.36 bits per heavy atom. The van der Waals surface area contributed by atoms with Crippen LogP contribution in [-0.2, 0) is 11.2 Å². The lowest BCUT2D eigenvalue weighted by Gasteiger charge is -2.23. The molecule has 3 nitrogen and oxygen atoms in total. The minimum Gasteiger partial charge on any atom is -0.497 e. The zero-order valence-electron chi connectivity index (χ0n) is 19.3. The van der Waals surface area contributed by atoms with Gasteiger partial charge in [0.1, 0.15) is 11.5 Å². The molecule has 0 N–H and O–H groups in total. The maximum absolute atomic E-state index is 5.78. The van der Waals surface area contributed by atoms with Crippen LogP contribution < -0.4 is 9.47 Å². The highest BCUT2D eigenvalue weighted by atomic mass is 16.5. The van der Waals surface area contributed by atoms with Gasteiger partial charge in [-0.3, -0.25) is 0 Å². The van der Waals surface area contributed by atoms with Gasteiger partial charge >= 0.3 is 0 Å². The molecule has 33 heavy (non-hydrogen) atoms. The van der Waals surface area contributed by atoms with Crippen LogP contribution in [0.4, 0.5) is 0 Å². The third kappa shape index (κ3) is 3.14. The molecule has 0 bridgehead atoms. The van der Waals surface area contributed by atoms with Crippen molar-refractivity contribution in [3.05, 3.63) is 105 Å². The molecule has 3 heteroatoms. The molecule has 0 saturated carbocycles. The third-order valence-electron chi connectivity index (χ3n) is 7.50. The number of allylic oxidation sites excluding steroid dienone is 6. The number of methoxy groups -OCH3 is 3. The molecule has 0 radical (unpaired) electrons. The van der Waals surface area contributed by atoms with E-state index in [2.05, 4.69) is 72.9 Å². The van der Waals surface area contributed by atoms with Crippen molar-refractivity contribution in [2.45, 2.75) is 30.8 Å². The maximum Gasteiger partial charge on any atom is 0.122 e. The monoisotopic (exact) mass is 436 g/mol. The summed E-state index contributed by atoms with van der Waals surface area (Å²) in [5.41, 5.74) is 10.6. The largest absolute Gasteiger partial charge is 0.497 e. The molecule has 0 saturated heterocycles. The molecule has 0 spiro atoms. The van der Waals surface area contributed by atoms with E-state index in [1.54, 1.807) is 21.3 Å². The molecule has 2 aromatic rings. The molecule has 3 unspecified atom stereocenters. The molecule has 3 atom stereocenters. The first-order valence-corrected chi connectivity index (χ1v) is 11.6. The molecule has 0 amide bonds. The van der Waals surface area contributed by atoms with Gasteiger partial charge in [-0.25, -0.2) is 0 Å². The van der Waals surface area contributed by atoms with E-state index < -0.39 is 0 Å². The summed E-state index contributed by atoms with van der Waals surface area (Å²) in [5, 5.41) is 0. The summed E-state index contributed by atoms with van der Waals surface area (Å²) in [4.78, 5) is 0. The van der Waals surface area contributed by atoms with E-state index in [1.807, 2.05) is 0 Å². The topological polar surface area (TPSA) is 27.7 Å². The maximum atomic E-state index is 5.78. The van der Waals surface area contributed by atoms with E-state index in [4.69, 9.17) is 14.2 Å². The van der Waals surface area contributed by atoms with Gasteiger partial charge in [-0.2, -0.15) is 0 Å². The Balaban J connectivity index is 1.45. The van der Waals surface area contributed by atoms with Crippen molar-refractivity contribution in [2.75, 3.05) is 21.3 Å². The Bertz CT molecular complexity index is 1290. The van der Waals surface area contributed by atoms with Crippen LogP contribution >= 0.6 is 0 Å². The van der Waals surface area contributed by atoms with Crippen molar-refractivity contribution < 1.29 is 14.2 Å². The van der Waals surface area contributed by atoms with E-state index in [0.29, 0.717) is 0 Å². The second kappa shape index (κ2) is 7.93. The number of hydrogen-bond acceptors (Lipinski definition) is 3. The van der Waals surface area contributed by atoms with E-state index in [9.17, 15) is 0 Å². The molecule has 0 aromatic heterocycles. The second-order valence-corrected chi connectivity index (χ2v) is 9.07. The highest BCUT2D eigenvalue weighted by Gasteiger charge is 2.31. The summed E-state index contributed by atoms with van der Waals surface area (Å²) < 4.78 is 17.0. The fourth-order valence-electron chi connectivity index (χ4n) is 5.83. The van der Waals surface area contributed by atoms with Crippen LogP contribution in [-0.4, -0.2) is 27.4 Å². The van der Waals surface area contributed by atoms with Crippen LogP contribution in [0.3, 0.4) is 0 Å². The first-order valence-electron chi connectivity index (χ1n) is 11.6. The third-order valence-corrected chi connectivity index (χ3v) is 7.50. The van der Waals surface area contributed by atoms with E-state index >= 15 is 0 Å². The Morgan fingerprint density at radius 2 is 1.58 bits per heavy atom. The molecule has 0 aliphatic heterocycles. The van der Waals surface area contributed by atoms with E-state index in [1.165, 1.54) is 44.5 Å². The summed E-state index contributed by atoms with van der Waals surface area (Å²) in [6.45, 7) is 0. The van der Waals surface area contributed by atoms with Gasteiger partial charge in [0.05, 0.1) is 20.3 Å². The fourth-order valence-corrected chi connectivity index (χ4v) is 5.83. The van der Waals surface area contributed by atoms with Crippen LogP contribution in [0.2, 0.25) is 0 Å². The van der Waals surface area contributed by atoms with Crippen LogP contribution in [0.1, 0.15) is 51.6 Å². The van der Waals surface area contributed by atoms with Gasteiger partial charge in [-0.1, -0.05) is 54.7 Å². The zero-order chi connectivity index (χ0) is 22.5. The Morgan fingerprint density at radius 1 is 0.758 bits per heavy atom. The van der Waals surface area contributed by atoms with Gasteiger partial charge in [0.15, 0.2) is 0 Å². The molecular weight excluding hydrogens is 408 g/mol. The van der Waals surface area contributed by atoms with Gasteiger partial charge in [0.25, 0.3) is 0 Å². The first kappa shape index (κ1) is 20.3. The molecule has 4 aliphatic rings. The molecule has 0 fully saturated rings. The predicted octanol–water partition coefficient (Wildman–Crippen LogP) is 6.36. The van der Waals surface area contributed by atoms with Crippen molar-refractivity contribution in [3.8, 4) is 11.5 Å². The van der Waals surface area contributed by atoms with Crippen molar-refractivity contribution in [1.29, 1.82) is 0 Å². The van der Waals surface area contributed by atoms with Crippen molar-refractivity contribution in [2.24, 2.45) is 0 Å². The lowest BCUT2D eigenvalue weighted by molar-refractivity contribution is 0.140. The number of fused-ring (bicyclic) bond motifs is 2. The standard InChI is InChI=1S/C30H28O3/c1-31-19-8-10-21-18(15-19)7-9-23(21)28-16-20(32-2)17-29-25(11-12-26(28)29)24-13-14-30(33-3)27-6-4-5-22(24)27/h4-5,7-14,16-17,19,23,25H,6,15H2,1-3H3. The number of rotatable bonds is 5. The van der Waals surface area contributed by atoms with Gasteiger partial charge in [0.2, 0.25) is 0 Å². The Labute approximate surface area is 195 Å². The van der Waals surface area contributed by atoms with Crippen molar-refractivity contribution in [3.63, 3.8) is 0 Å². The van der Waals surface area contributed by atoms with E-state index in [-0.39, 0.29) is 17.9 Å². The lowest BCUT2D eigenvalue weighted by atomic mass is 9.82. The molecule has 166 valence electrons. The minimum absolute atomic E-state index is 0.165. The average molecular weight is 437 g/mol. The highest BCUT2D eigenvalue weighted by molar-refractivity contribution is 5.76. The number of ether oxygens (including phenoxy) is 3. The Kier molecular flexibility index (Phi) is 4.88. The van der Waals surface area contributed by atoms with Gasteiger partial charge in [-0.15, -0.1) is 0 Å². The van der Waals surface area contributed by atoms with E-state index in [0.717, 1.165) is 24.3 Å². The SMILES string of the molecule is COc1cc(C2C=CC3=C2C=CC(OC)C3)c2c(c1)C(c1ccc(OC)c3c1C=CC3)C=C2. The van der Waals surface area contributed by atoms with Crippen molar-refractivity contribution >= 4 is 12.2 Å². The van der Waals surface area contributed by atoms with Crippen LogP contribution in [0.25, 0.3) is 12.2 Å². The summed E-state index contributed by atoms with van der Waals surface area (Å²) in [6.07, 6.45) is 20.2. The normalized spacial score (nSPS) is 23.8.